The zero-order valence-electron chi connectivity index (χ0n) is 25.3. The van der Waals surface area contributed by atoms with Crippen LogP contribution in [0.3, 0.4) is 0 Å². The second kappa shape index (κ2) is 15.6. The molecule has 2 N–H and O–H groups in total. The number of nitrogens with one attached hydrogen (secondary N) is 2. The number of carbonyl (C=O) groups excluding carboxylic acids is 2. The molecule has 0 fully saturated rings. The largest absolute Gasteiger partial charge is 0.519 e. The van der Waals surface area contributed by atoms with Crippen LogP contribution in [0.25, 0.3) is 0 Å². The first-order valence-corrected chi connectivity index (χ1v) is 15.5. The van der Waals surface area contributed by atoms with Crippen LogP contribution < -0.4 is 21.4 Å². The number of aryl methyl sites for hydroxylation is 1. The highest BCUT2D eigenvalue weighted by atomic mass is 79.9. The molecule has 0 bridgehead atoms. The van der Waals surface area contributed by atoms with Crippen molar-refractivity contribution in [1.29, 1.82) is 0 Å². The number of anilines is 3. The van der Waals surface area contributed by atoms with Gasteiger partial charge in [0, 0.05) is 18.8 Å². The molecule has 1 aromatic heterocycles. The fourth-order valence-corrected chi connectivity index (χ4v) is 5.14. The van der Waals surface area contributed by atoms with Gasteiger partial charge < -0.3 is 29.1 Å². The van der Waals surface area contributed by atoms with E-state index in [2.05, 4.69) is 59.2 Å². The van der Waals surface area contributed by atoms with Crippen LogP contribution in [0.2, 0.25) is 0 Å². The summed E-state index contributed by atoms with van der Waals surface area (Å²) in [4.78, 5) is 39.6. The molecule has 42 heavy (non-hydrogen) atoms. The van der Waals surface area contributed by atoms with Gasteiger partial charge in [-0.05, 0) is 60.9 Å². The number of hydrogen-bond donors (Lipinski definition) is 2. The minimum absolute atomic E-state index is 0.123. The maximum absolute atomic E-state index is 13.1. The highest BCUT2D eigenvalue weighted by molar-refractivity contribution is 9.08. The molecule has 0 spiro atoms. The maximum Gasteiger partial charge on any atom is 0.519 e. The minimum Gasteiger partial charge on any atom is -0.457 e. The predicted octanol–water partition coefficient (Wildman–Crippen LogP) is 7.83. The molecule has 228 valence electrons. The van der Waals surface area contributed by atoms with Crippen LogP contribution in [0, 0.1) is 18.8 Å². The Balaban J connectivity index is 1.85. The van der Waals surface area contributed by atoms with Crippen LogP contribution >= 0.6 is 15.9 Å². The molecule has 2 amide bonds. The van der Waals surface area contributed by atoms with Crippen molar-refractivity contribution < 1.29 is 23.2 Å². The quantitative estimate of drug-likeness (QED) is 0.136. The molecule has 1 atom stereocenters. The summed E-state index contributed by atoms with van der Waals surface area (Å²) in [7, 11) is 0. The van der Waals surface area contributed by atoms with E-state index in [1.54, 1.807) is 0 Å². The first-order valence-electron chi connectivity index (χ1n) is 14.4. The predicted molar refractivity (Wildman–Crippen MR) is 169 cm³/mol. The highest BCUT2D eigenvalue weighted by Gasteiger charge is 2.22. The minimum atomic E-state index is -0.836. The molecule has 0 aliphatic heterocycles. The lowest BCUT2D eigenvalue weighted by Crippen LogP contribution is -2.32. The van der Waals surface area contributed by atoms with Crippen LogP contribution in [0.1, 0.15) is 76.0 Å². The number of esters is 1. The van der Waals surface area contributed by atoms with E-state index in [1.165, 1.54) is 0 Å². The molecule has 0 radical (unpaired) electrons. The van der Waals surface area contributed by atoms with Gasteiger partial charge in [-0.2, -0.15) is 0 Å². The number of hydrogen-bond acceptors (Lipinski definition) is 7. The molecule has 10 heteroatoms. The van der Waals surface area contributed by atoms with E-state index in [-0.39, 0.29) is 36.1 Å². The van der Waals surface area contributed by atoms with E-state index < -0.39 is 11.8 Å². The number of halogens is 1. The first kappa shape index (κ1) is 33.0. The summed E-state index contributed by atoms with van der Waals surface area (Å²) in [6, 6.07) is 13.3. The lowest BCUT2D eigenvalue weighted by atomic mass is 9.92. The van der Waals surface area contributed by atoms with Crippen LogP contribution in [-0.4, -0.2) is 25.1 Å². The van der Waals surface area contributed by atoms with Crippen molar-refractivity contribution in [3.8, 4) is 0 Å². The molecule has 0 saturated heterocycles. The average molecular weight is 645 g/mol. The number of urea groups is 1. The molecular formula is C32H42BrN3O6. The van der Waals surface area contributed by atoms with Crippen molar-refractivity contribution in [2.24, 2.45) is 11.8 Å². The zero-order chi connectivity index (χ0) is 30.8. The average Bonchev–Trinajstić information content (AvgIpc) is 3.30. The van der Waals surface area contributed by atoms with Gasteiger partial charge in [0.05, 0.1) is 23.1 Å². The molecule has 3 aromatic rings. The summed E-state index contributed by atoms with van der Waals surface area (Å²) in [6.45, 7) is 14.2. The Kier molecular flexibility index (Phi) is 12.3. The Labute approximate surface area is 256 Å². The number of rotatable bonds is 14. The van der Waals surface area contributed by atoms with Crippen LogP contribution in [-0.2, 0) is 21.5 Å². The number of carbonyl (C=O) groups is 2. The van der Waals surface area contributed by atoms with Gasteiger partial charge in [0.25, 0.3) is 0 Å². The molecule has 3 rings (SSSR count). The Bertz CT molecular complexity index is 1370. The first-order chi connectivity index (χ1) is 20.0. The van der Waals surface area contributed by atoms with Crippen molar-refractivity contribution in [3.63, 3.8) is 0 Å². The number of ether oxygens (including phenoxy) is 1. The Morgan fingerprint density at radius 3 is 2.19 bits per heavy atom. The zero-order valence-corrected chi connectivity index (χ0v) is 26.9. The van der Waals surface area contributed by atoms with Crippen molar-refractivity contribution in [1.82, 2.24) is 0 Å². The molecule has 9 nitrogen and oxygen atoms in total. The summed E-state index contributed by atoms with van der Waals surface area (Å²) < 4.78 is 15.3. The van der Waals surface area contributed by atoms with Crippen molar-refractivity contribution in [3.05, 3.63) is 75.7 Å². The second-order valence-electron chi connectivity index (χ2n) is 11.3. The van der Waals surface area contributed by atoms with E-state index in [0.29, 0.717) is 35.4 Å². The summed E-state index contributed by atoms with van der Waals surface area (Å²) >= 11 is 3.23. The summed E-state index contributed by atoms with van der Waals surface area (Å²) in [6.07, 6.45) is 0.802. The Morgan fingerprint density at radius 1 is 0.952 bits per heavy atom. The fraction of sp³-hybridized carbons (Fsp3) is 0.469. The van der Waals surface area contributed by atoms with Gasteiger partial charge in [-0.15, -0.1) is 0 Å². The van der Waals surface area contributed by atoms with Gasteiger partial charge in [-0.25, -0.2) is 9.59 Å². The topological polar surface area (TPSA) is 114 Å². The van der Waals surface area contributed by atoms with Gasteiger partial charge in [0.1, 0.15) is 0 Å². The normalized spacial score (nSPS) is 11.9. The number of amides is 2. The molecular weight excluding hydrogens is 602 g/mol. The van der Waals surface area contributed by atoms with E-state index in [9.17, 15) is 14.4 Å². The molecule has 0 aliphatic carbocycles. The third-order valence-electron chi connectivity index (χ3n) is 6.68. The van der Waals surface area contributed by atoms with Crippen LogP contribution in [0.5, 0.6) is 0 Å². The second-order valence-corrected chi connectivity index (χ2v) is 11.9. The highest BCUT2D eigenvalue weighted by Crippen LogP contribution is 2.34. The third kappa shape index (κ3) is 9.79. The molecule has 0 saturated carbocycles. The van der Waals surface area contributed by atoms with Crippen molar-refractivity contribution in [2.45, 2.75) is 72.2 Å². The lowest BCUT2D eigenvalue weighted by Gasteiger charge is -2.31. The third-order valence-corrected chi connectivity index (χ3v) is 7.19. The maximum atomic E-state index is 13.1. The van der Waals surface area contributed by atoms with E-state index in [1.807, 2.05) is 56.3 Å². The van der Waals surface area contributed by atoms with Gasteiger partial charge in [0.2, 0.25) is 0 Å². The molecule has 2 aromatic carbocycles. The SMILES string of the molecule is CCC(CC(=O)OCc1oc(=O)oc1CBr)c1ccc(N(CC(C)C)CC(C)C)c(NC(=O)Nc2ccc(C)cc2)c1. The summed E-state index contributed by atoms with van der Waals surface area (Å²) in [5.74, 6) is -0.101. The van der Waals surface area contributed by atoms with Gasteiger partial charge in [0.15, 0.2) is 18.1 Å². The van der Waals surface area contributed by atoms with Gasteiger partial charge in [-0.1, -0.05) is 74.3 Å². The molecule has 1 unspecified atom stereocenters. The standard InChI is InChI=1S/C32H42BrN3O6/c1-7-23(15-30(37)40-19-29-28(16-33)41-32(39)42-29)24-10-13-27(36(17-20(2)3)18-21(4)5)26(14-24)35-31(38)34-25-11-8-22(6)9-12-25/h8-14,20-21,23H,7,15-19H2,1-6H3,(H2,34,35,38). The van der Waals surface area contributed by atoms with Crippen molar-refractivity contribution >= 4 is 45.0 Å². The van der Waals surface area contributed by atoms with Gasteiger partial charge >= 0.3 is 17.8 Å². The number of benzene rings is 2. The monoisotopic (exact) mass is 643 g/mol. The molecule has 0 aliphatic rings. The lowest BCUT2D eigenvalue weighted by molar-refractivity contribution is -0.146. The van der Waals surface area contributed by atoms with Gasteiger partial charge in [-0.3, -0.25) is 4.79 Å². The summed E-state index contributed by atoms with van der Waals surface area (Å²) in [5.41, 5.74) is 4.31. The van der Waals surface area contributed by atoms with E-state index >= 15 is 0 Å². The number of nitrogens with zero attached hydrogens (tertiary/aromatic N) is 1. The van der Waals surface area contributed by atoms with Crippen molar-refractivity contribution in [2.75, 3.05) is 28.6 Å². The van der Waals surface area contributed by atoms with E-state index in [0.717, 1.165) is 29.9 Å². The van der Waals surface area contributed by atoms with Crippen LogP contribution in [0.4, 0.5) is 21.9 Å². The molecule has 1 heterocycles. The number of alkyl halides is 1. The van der Waals surface area contributed by atoms with E-state index in [4.69, 9.17) is 13.6 Å². The summed E-state index contributed by atoms with van der Waals surface area (Å²) in [5, 5.41) is 6.26. The Morgan fingerprint density at radius 2 is 1.60 bits per heavy atom. The van der Waals surface area contributed by atoms with Crippen LogP contribution in [0.15, 0.2) is 56.1 Å². The Hall–Kier alpha value is -3.53. The fourth-order valence-electron chi connectivity index (χ4n) is 4.71. The smallest absolute Gasteiger partial charge is 0.457 e.